The van der Waals surface area contributed by atoms with Crippen molar-refractivity contribution < 1.29 is 0 Å². The van der Waals surface area contributed by atoms with E-state index in [0.29, 0.717) is 30.8 Å². The first kappa shape index (κ1) is 11.4. The lowest BCUT2D eigenvalue weighted by molar-refractivity contribution is 0.731. The lowest BCUT2D eigenvalue weighted by Crippen LogP contribution is -2.21. The van der Waals surface area contributed by atoms with E-state index in [-0.39, 0.29) is 5.69 Å². The molecule has 0 saturated carbocycles. The van der Waals surface area contributed by atoms with E-state index in [2.05, 4.69) is 25.7 Å². The maximum atomic E-state index is 11.8. The first-order valence-electron chi connectivity index (χ1n) is 5.49. The van der Waals surface area contributed by atoms with Gasteiger partial charge in [-0.2, -0.15) is 14.4 Å². The van der Waals surface area contributed by atoms with Crippen LogP contribution in [0.3, 0.4) is 0 Å². The van der Waals surface area contributed by atoms with Crippen molar-refractivity contribution in [3.8, 4) is 0 Å². The van der Waals surface area contributed by atoms with Gasteiger partial charge in [0.25, 0.3) is 5.78 Å². The van der Waals surface area contributed by atoms with Crippen LogP contribution in [-0.4, -0.2) is 37.2 Å². The fourth-order valence-corrected chi connectivity index (χ4v) is 1.49. The van der Waals surface area contributed by atoms with Gasteiger partial charge in [-0.15, -0.1) is 5.10 Å². The summed E-state index contributed by atoms with van der Waals surface area (Å²) in [4.78, 5) is 20.2. The van der Waals surface area contributed by atoms with Crippen LogP contribution in [0.25, 0.3) is 5.78 Å². The van der Waals surface area contributed by atoms with Crippen molar-refractivity contribution in [1.29, 1.82) is 0 Å². The summed E-state index contributed by atoms with van der Waals surface area (Å²) in [6.07, 6.45) is 0. The van der Waals surface area contributed by atoms with Crippen LogP contribution < -0.4 is 16.3 Å². The first-order chi connectivity index (χ1) is 8.17. The molecule has 2 N–H and O–H groups in total. The minimum absolute atomic E-state index is 0.265. The molecule has 0 radical (unpaired) electrons. The highest BCUT2D eigenvalue weighted by atomic mass is 16.2. The van der Waals surface area contributed by atoms with Crippen molar-refractivity contribution >= 4 is 17.7 Å². The molecule has 8 heteroatoms. The highest BCUT2D eigenvalue weighted by Gasteiger charge is 2.12. The summed E-state index contributed by atoms with van der Waals surface area (Å²) in [5, 5.41) is 10.1. The molecule has 0 spiro atoms. The van der Waals surface area contributed by atoms with Gasteiger partial charge in [-0.3, -0.25) is 0 Å². The molecule has 0 atom stereocenters. The van der Waals surface area contributed by atoms with E-state index in [0.717, 1.165) is 0 Å². The van der Waals surface area contributed by atoms with Gasteiger partial charge in [0.2, 0.25) is 11.9 Å². The Kier molecular flexibility index (Phi) is 2.94. The molecule has 2 aromatic heterocycles. The average Bonchev–Trinajstić information content (AvgIpc) is 2.56. The quantitative estimate of drug-likeness (QED) is 0.758. The number of nitrogens with zero attached hydrogens (tertiary/aromatic N) is 5. The van der Waals surface area contributed by atoms with Crippen molar-refractivity contribution in [3.63, 3.8) is 0 Å². The molecule has 17 heavy (non-hydrogen) atoms. The second-order valence-electron chi connectivity index (χ2n) is 3.47. The van der Waals surface area contributed by atoms with Crippen LogP contribution in [0.2, 0.25) is 0 Å². The second-order valence-corrected chi connectivity index (χ2v) is 3.47. The first-order valence-corrected chi connectivity index (χ1v) is 5.49. The second kappa shape index (κ2) is 4.40. The predicted octanol–water partition coefficient (Wildman–Crippen LogP) is -0.313. The van der Waals surface area contributed by atoms with Gasteiger partial charge >= 0.3 is 5.69 Å². The fourth-order valence-electron chi connectivity index (χ4n) is 1.49. The van der Waals surface area contributed by atoms with Gasteiger partial charge in [0.1, 0.15) is 0 Å². The maximum Gasteiger partial charge on any atom is 0.354 e. The summed E-state index contributed by atoms with van der Waals surface area (Å²) in [5.41, 5.74) is -0.265. The van der Waals surface area contributed by atoms with Crippen molar-refractivity contribution in [3.05, 3.63) is 10.5 Å². The molecule has 2 rings (SSSR count). The molecule has 2 aromatic rings. The lowest BCUT2D eigenvalue weighted by atomic mass is 10.7. The van der Waals surface area contributed by atoms with Crippen molar-refractivity contribution in [2.24, 2.45) is 7.05 Å². The number of aromatic nitrogens is 5. The molecule has 0 bridgehead atoms. The Labute approximate surface area is 97.7 Å². The van der Waals surface area contributed by atoms with Gasteiger partial charge in [-0.1, -0.05) is 0 Å². The topological polar surface area (TPSA) is 89.1 Å². The molecular formula is C9H15N7O. The van der Waals surface area contributed by atoms with E-state index >= 15 is 0 Å². The zero-order valence-corrected chi connectivity index (χ0v) is 10.1. The molecule has 2 heterocycles. The summed E-state index contributed by atoms with van der Waals surface area (Å²) in [6, 6.07) is 0. The van der Waals surface area contributed by atoms with Gasteiger partial charge in [0.05, 0.1) is 0 Å². The third-order valence-electron chi connectivity index (χ3n) is 2.21. The number of hydrogen-bond acceptors (Lipinski definition) is 6. The van der Waals surface area contributed by atoms with E-state index in [1.54, 1.807) is 7.05 Å². The smallest absolute Gasteiger partial charge is 0.354 e. The van der Waals surface area contributed by atoms with E-state index in [1.165, 1.54) is 9.08 Å². The average molecular weight is 237 g/mol. The monoisotopic (exact) mass is 237 g/mol. The number of hydrogen-bond donors (Lipinski definition) is 2. The largest absolute Gasteiger partial charge is 0.355 e. The Morgan fingerprint density at radius 1 is 1.18 bits per heavy atom. The van der Waals surface area contributed by atoms with E-state index in [9.17, 15) is 4.79 Å². The highest BCUT2D eigenvalue weighted by molar-refractivity contribution is 5.45. The van der Waals surface area contributed by atoms with Gasteiger partial charge in [-0.25, -0.2) is 9.48 Å². The molecule has 0 amide bonds. The maximum absolute atomic E-state index is 11.8. The molecule has 8 nitrogen and oxygen atoms in total. The third kappa shape index (κ3) is 1.93. The summed E-state index contributed by atoms with van der Waals surface area (Å²) >= 11 is 0. The highest BCUT2D eigenvalue weighted by Crippen LogP contribution is 2.07. The van der Waals surface area contributed by atoms with Crippen LogP contribution in [0.4, 0.5) is 11.9 Å². The Bertz CT molecular complexity index is 585. The van der Waals surface area contributed by atoms with Crippen LogP contribution in [0.15, 0.2) is 4.79 Å². The molecule has 0 aliphatic carbocycles. The van der Waals surface area contributed by atoms with Crippen molar-refractivity contribution in [1.82, 2.24) is 24.1 Å². The van der Waals surface area contributed by atoms with Crippen LogP contribution in [0, 0.1) is 0 Å². The minimum atomic E-state index is -0.265. The Hall–Kier alpha value is -2.12. The molecule has 0 aliphatic rings. The van der Waals surface area contributed by atoms with Gasteiger partial charge < -0.3 is 10.6 Å². The molecular weight excluding hydrogens is 222 g/mol. The number of nitrogens with one attached hydrogen (secondary N) is 2. The minimum Gasteiger partial charge on any atom is -0.355 e. The zero-order valence-electron chi connectivity index (χ0n) is 10.1. The van der Waals surface area contributed by atoms with E-state index < -0.39 is 0 Å². The Morgan fingerprint density at radius 3 is 2.53 bits per heavy atom. The predicted molar refractivity (Wildman–Crippen MR) is 64.4 cm³/mol. The standard InChI is InChI=1S/C9H15N7O/c1-4-10-6-12-7(11-5-2)16-8(13-6)14-15(3)9(16)17/h4-5H2,1-3H3,(H2,10,11,12,13,14). The summed E-state index contributed by atoms with van der Waals surface area (Å²) in [6.45, 7) is 5.26. The molecule has 0 unspecified atom stereocenters. The summed E-state index contributed by atoms with van der Waals surface area (Å²) in [7, 11) is 1.58. The molecule has 0 aromatic carbocycles. The van der Waals surface area contributed by atoms with Crippen LogP contribution in [0.1, 0.15) is 13.8 Å². The molecule has 92 valence electrons. The SMILES string of the molecule is CCNc1nc(NCC)n2c(=O)n(C)nc2n1. The number of rotatable bonds is 4. The van der Waals surface area contributed by atoms with Crippen molar-refractivity contribution in [2.45, 2.75) is 13.8 Å². The fraction of sp³-hybridized carbons (Fsp3) is 0.556. The summed E-state index contributed by atoms with van der Waals surface area (Å²) < 4.78 is 2.59. The normalized spacial score (nSPS) is 10.8. The number of anilines is 2. The van der Waals surface area contributed by atoms with Crippen LogP contribution in [-0.2, 0) is 7.05 Å². The number of aryl methyl sites for hydroxylation is 1. The molecule has 0 fully saturated rings. The van der Waals surface area contributed by atoms with Gasteiger partial charge in [-0.05, 0) is 13.8 Å². The Balaban J connectivity index is 2.67. The third-order valence-corrected chi connectivity index (χ3v) is 2.21. The Morgan fingerprint density at radius 2 is 1.88 bits per heavy atom. The van der Waals surface area contributed by atoms with Gasteiger partial charge in [0, 0.05) is 20.1 Å². The van der Waals surface area contributed by atoms with E-state index in [1.807, 2.05) is 13.8 Å². The molecule has 0 saturated heterocycles. The van der Waals surface area contributed by atoms with Crippen molar-refractivity contribution in [2.75, 3.05) is 23.7 Å². The van der Waals surface area contributed by atoms with E-state index in [4.69, 9.17) is 0 Å². The van der Waals surface area contributed by atoms with Crippen LogP contribution >= 0.6 is 0 Å². The lowest BCUT2D eigenvalue weighted by Gasteiger charge is -2.06. The van der Waals surface area contributed by atoms with Crippen LogP contribution in [0.5, 0.6) is 0 Å². The summed E-state index contributed by atoms with van der Waals surface area (Å²) in [5.74, 6) is 1.24. The zero-order chi connectivity index (χ0) is 12.4. The number of fused-ring (bicyclic) bond motifs is 1. The van der Waals surface area contributed by atoms with Gasteiger partial charge in [0.15, 0.2) is 0 Å². The molecule has 0 aliphatic heterocycles.